The molecular weight excluding hydrogens is 406 g/mol. The zero-order chi connectivity index (χ0) is 21.6. The Balaban J connectivity index is 1.51. The zero-order valence-electron chi connectivity index (χ0n) is 17.4. The van der Waals surface area contributed by atoms with Crippen LogP contribution in [0.3, 0.4) is 0 Å². The minimum Gasteiger partial charge on any atom is -0.370 e. The second-order valence-electron chi connectivity index (χ2n) is 7.46. The number of anilines is 1. The number of nitrogens with zero attached hydrogens (tertiary/aromatic N) is 1. The number of aromatic nitrogens is 1. The van der Waals surface area contributed by atoms with E-state index < -0.39 is 6.04 Å². The normalized spacial score (nSPS) is 12.1. The number of fused-ring (bicyclic) bond motifs is 1. The summed E-state index contributed by atoms with van der Waals surface area (Å²) in [6.45, 7) is 2.52. The van der Waals surface area contributed by atoms with Gasteiger partial charge in [-0.3, -0.25) is 4.79 Å². The molecule has 1 heterocycles. The molecule has 4 aromatic rings. The summed E-state index contributed by atoms with van der Waals surface area (Å²) in [5.74, 6) is -0.247. The molecule has 0 saturated heterocycles. The first-order valence-electron chi connectivity index (χ1n) is 10.2. The Labute approximate surface area is 185 Å². The van der Waals surface area contributed by atoms with E-state index in [2.05, 4.69) is 46.7 Å². The molecule has 0 spiro atoms. The van der Waals surface area contributed by atoms with Gasteiger partial charge < -0.3 is 15.8 Å². The number of ether oxygens (including phenoxy) is 1. The second-order valence-corrected chi connectivity index (χ2v) is 8.54. The van der Waals surface area contributed by atoms with Gasteiger partial charge in [-0.15, -0.1) is 11.3 Å². The molecule has 6 heteroatoms. The molecule has 0 bridgehead atoms. The molecule has 0 aliphatic carbocycles. The molecule has 1 atom stereocenters. The summed E-state index contributed by atoms with van der Waals surface area (Å²) in [6.07, 6.45) is 0.736. The van der Waals surface area contributed by atoms with Crippen molar-refractivity contribution in [1.82, 2.24) is 4.98 Å². The zero-order valence-corrected chi connectivity index (χ0v) is 18.2. The van der Waals surface area contributed by atoms with Crippen molar-refractivity contribution in [3.8, 4) is 0 Å². The highest BCUT2D eigenvalue weighted by Gasteiger charge is 2.16. The maximum atomic E-state index is 12.0. The third-order valence-corrected chi connectivity index (χ3v) is 6.02. The Morgan fingerprint density at radius 3 is 2.58 bits per heavy atom. The quantitative estimate of drug-likeness (QED) is 0.416. The summed E-state index contributed by atoms with van der Waals surface area (Å²) >= 11 is 1.47. The minimum atomic E-state index is -0.590. The molecule has 0 aliphatic heterocycles. The maximum Gasteiger partial charge on any atom is 0.242 e. The van der Waals surface area contributed by atoms with E-state index in [-0.39, 0.29) is 5.91 Å². The fourth-order valence-electron chi connectivity index (χ4n) is 3.36. The van der Waals surface area contributed by atoms with Gasteiger partial charge in [-0.2, -0.15) is 0 Å². The minimum absolute atomic E-state index is 0.247. The topological polar surface area (TPSA) is 77.2 Å². The highest BCUT2D eigenvalue weighted by atomic mass is 32.1. The van der Waals surface area contributed by atoms with E-state index in [0.717, 1.165) is 22.6 Å². The van der Waals surface area contributed by atoms with Crippen molar-refractivity contribution in [2.45, 2.75) is 32.6 Å². The van der Waals surface area contributed by atoms with Crippen LogP contribution in [0, 0.1) is 0 Å². The first-order chi connectivity index (χ1) is 15.1. The average molecular weight is 432 g/mol. The van der Waals surface area contributed by atoms with Crippen LogP contribution in [-0.4, -0.2) is 16.9 Å². The summed E-state index contributed by atoms with van der Waals surface area (Å²) < 4.78 is 6.06. The number of benzene rings is 3. The molecule has 0 radical (unpaired) electrons. The molecule has 5 nitrogen and oxygen atoms in total. The molecule has 0 saturated carbocycles. The van der Waals surface area contributed by atoms with Crippen molar-refractivity contribution >= 4 is 33.1 Å². The van der Waals surface area contributed by atoms with E-state index >= 15 is 0 Å². The molecule has 1 amide bonds. The lowest BCUT2D eigenvalue weighted by molar-refractivity contribution is -0.117. The number of carbonyl (C=O) groups excluding carboxylic acids is 1. The van der Waals surface area contributed by atoms with Gasteiger partial charge >= 0.3 is 0 Å². The van der Waals surface area contributed by atoms with Crippen LogP contribution >= 0.6 is 11.3 Å². The van der Waals surface area contributed by atoms with Crippen molar-refractivity contribution in [2.75, 3.05) is 5.32 Å². The summed E-state index contributed by atoms with van der Waals surface area (Å²) in [5, 5.41) is 5.75. The van der Waals surface area contributed by atoms with E-state index in [9.17, 15) is 4.79 Å². The van der Waals surface area contributed by atoms with Crippen LogP contribution in [-0.2, 0) is 29.2 Å². The van der Waals surface area contributed by atoms with Crippen LogP contribution in [0.25, 0.3) is 10.8 Å². The third-order valence-electron chi connectivity index (χ3n) is 5.01. The first-order valence-corrected chi connectivity index (χ1v) is 11.0. The Morgan fingerprint density at radius 2 is 1.77 bits per heavy atom. The van der Waals surface area contributed by atoms with Gasteiger partial charge in [0.2, 0.25) is 5.91 Å². The molecule has 31 heavy (non-hydrogen) atoms. The molecule has 0 aliphatic rings. The summed E-state index contributed by atoms with van der Waals surface area (Å²) in [6, 6.07) is 24.1. The molecule has 0 fully saturated rings. The van der Waals surface area contributed by atoms with Crippen molar-refractivity contribution in [3.05, 3.63) is 94.5 Å². The number of carbonyl (C=O) groups is 1. The number of thiazole rings is 1. The Kier molecular flexibility index (Phi) is 6.72. The van der Waals surface area contributed by atoms with E-state index in [4.69, 9.17) is 10.5 Å². The number of nitrogens with two attached hydrogens (primary N) is 1. The number of hydrogen-bond donors (Lipinski definition) is 2. The lowest BCUT2D eigenvalue weighted by atomic mass is 10.1. The maximum absolute atomic E-state index is 12.0. The summed E-state index contributed by atoms with van der Waals surface area (Å²) in [7, 11) is 0. The Bertz CT molecular complexity index is 1170. The van der Waals surface area contributed by atoms with E-state index in [1.54, 1.807) is 6.92 Å². The van der Waals surface area contributed by atoms with Gasteiger partial charge in [0.25, 0.3) is 0 Å². The number of hydrogen-bond acceptors (Lipinski definition) is 5. The van der Waals surface area contributed by atoms with Gasteiger partial charge in [-0.25, -0.2) is 4.98 Å². The lowest BCUT2D eigenvalue weighted by Crippen LogP contribution is -2.32. The van der Waals surface area contributed by atoms with Gasteiger partial charge in [-0.05, 0) is 28.8 Å². The molecule has 0 unspecified atom stereocenters. The number of amides is 1. The third kappa shape index (κ3) is 5.35. The van der Waals surface area contributed by atoms with Crippen molar-refractivity contribution < 1.29 is 9.53 Å². The van der Waals surface area contributed by atoms with Crippen molar-refractivity contribution in [2.24, 2.45) is 5.73 Å². The van der Waals surface area contributed by atoms with Gasteiger partial charge in [-0.1, -0.05) is 72.8 Å². The Morgan fingerprint density at radius 1 is 1.03 bits per heavy atom. The molecular formula is C25H25N3O2S. The van der Waals surface area contributed by atoms with Gasteiger partial charge in [0.05, 0.1) is 24.9 Å². The second kappa shape index (κ2) is 9.83. The van der Waals surface area contributed by atoms with Crippen LogP contribution in [0.2, 0.25) is 0 Å². The standard InChI is InChI=1S/C25H25N3O2S/c1-17(26)24(29)28-25-27-22(23(31-25)14-18-8-3-2-4-9-18)16-30-15-20-12-7-11-19-10-5-6-13-21(19)20/h2-13,17H,14-16,26H2,1H3,(H,27,28,29)/t17-/m0/s1. The van der Waals surface area contributed by atoms with Crippen LogP contribution in [0.5, 0.6) is 0 Å². The molecule has 3 aromatic carbocycles. The van der Waals surface area contributed by atoms with E-state index in [0.29, 0.717) is 18.3 Å². The average Bonchev–Trinajstić information content (AvgIpc) is 3.15. The predicted molar refractivity (Wildman–Crippen MR) is 126 cm³/mol. The van der Waals surface area contributed by atoms with E-state index in [1.165, 1.54) is 27.7 Å². The molecule has 4 rings (SSSR count). The first kappa shape index (κ1) is 21.2. The van der Waals surface area contributed by atoms with Crippen LogP contribution in [0.1, 0.15) is 28.6 Å². The van der Waals surface area contributed by atoms with E-state index in [1.807, 2.05) is 36.4 Å². The Hall–Kier alpha value is -3.06. The van der Waals surface area contributed by atoms with Crippen LogP contribution < -0.4 is 11.1 Å². The highest BCUT2D eigenvalue weighted by Crippen LogP contribution is 2.27. The highest BCUT2D eigenvalue weighted by molar-refractivity contribution is 7.15. The molecule has 3 N–H and O–H groups in total. The predicted octanol–water partition coefficient (Wildman–Crippen LogP) is 4.89. The monoisotopic (exact) mass is 431 g/mol. The number of nitrogens with one attached hydrogen (secondary N) is 1. The molecule has 1 aromatic heterocycles. The van der Waals surface area contributed by atoms with Crippen molar-refractivity contribution in [3.63, 3.8) is 0 Å². The number of rotatable bonds is 8. The van der Waals surface area contributed by atoms with Gasteiger partial charge in [0, 0.05) is 11.3 Å². The summed E-state index contributed by atoms with van der Waals surface area (Å²) in [4.78, 5) is 17.7. The SMILES string of the molecule is C[C@H](N)C(=O)Nc1nc(COCc2cccc3ccccc23)c(Cc2ccccc2)s1. The fourth-order valence-corrected chi connectivity index (χ4v) is 4.37. The van der Waals surface area contributed by atoms with Crippen LogP contribution in [0.15, 0.2) is 72.8 Å². The van der Waals surface area contributed by atoms with Gasteiger partial charge in [0.1, 0.15) is 0 Å². The van der Waals surface area contributed by atoms with Crippen LogP contribution in [0.4, 0.5) is 5.13 Å². The largest absolute Gasteiger partial charge is 0.370 e. The lowest BCUT2D eigenvalue weighted by Gasteiger charge is -2.08. The molecule has 158 valence electrons. The van der Waals surface area contributed by atoms with Crippen molar-refractivity contribution in [1.29, 1.82) is 0 Å². The van der Waals surface area contributed by atoms with Gasteiger partial charge in [0.15, 0.2) is 5.13 Å². The smallest absolute Gasteiger partial charge is 0.242 e. The summed E-state index contributed by atoms with van der Waals surface area (Å²) in [5.41, 5.74) is 8.85. The fraction of sp³-hybridized carbons (Fsp3) is 0.200.